The van der Waals surface area contributed by atoms with Gasteiger partial charge in [0.2, 0.25) is 11.8 Å². The van der Waals surface area contributed by atoms with E-state index in [0.717, 1.165) is 29.5 Å². The first kappa shape index (κ1) is 31.6. The van der Waals surface area contributed by atoms with Gasteiger partial charge in [-0.1, -0.05) is 48.0 Å². The summed E-state index contributed by atoms with van der Waals surface area (Å²) in [5.41, 5.74) is 8.93. The van der Waals surface area contributed by atoms with Crippen molar-refractivity contribution in [1.82, 2.24) is 9.80 Å². The first-order chi connectivity index (χ1) is 18.8. The summed E-state index contributed by atoms with van der Waals surface area (Å²) < 4.78 is 5.74. The SMILES string of the molecule is CN(C[C@@H](Cc1ccc(Cl)cc1)N(C)C(=O)[C@@H](N)COC(C)(C)C)C(=O)[C@@H](CC(=O)O)[C@H]1CCc2ccccc21. The number of hydrogen-bond donors (Lipinski definition) is 2. The second-order valence-corrected chi connectivity index (χ2v) is 12.2. The number of aliphatic carboxylic acids is 1. The second-order valence-electron chi connectivity index (χ2n) is 11.7. The molecule has 3 N–H and O–H groups in total. The number of amides is 2. The highest BCUT2D eigenvalue weighted by molar-refractivity contribution is 6.30. The number of nitrogens with two attached hydrogens (primary N) is 1. The van der Waals surface area contributed by atoms with Crippen LogP contribution >= 0.6 is 11.6 Å². The third kappa shape index (κ3) is 8.53. The number of carboxylic acid groups (broad SMARTS) is 1. The van der Waals surface area contributed by atoms with Gasteiger partial charge in [-0.05, 0) is 74.8 Å². The lowest BCUT2D eigenvalue weighted by atomic mass is 9.84. The number of ether oxygens (including phenoxy) is 1. The molecule has 0 unspecified atom stereocenters. The second kappa shape index (κ2) is 13.6. The van der Waals surface area contributed by atoms with Crippen molar-refractivity contribution < 1.29 is 24.2 Å². The average Bonchev–Trinajstić information content (AvgIpc) is 3.33. The van der Waals surface area contributed by atoms with Crippen molar-refractivity contribution in [1.29, 1.82) is 0 Å². The topological polar surface area (TPSA) is 113 Å². The van der Waals surface area contributed by atoms with E-state index in [0.29, 0.717) is 11.4 Å². The van der Waals surface area contributed by atoms with Crippen LogP contribution < -0.4 is 5.73 Å². The predicted molar refractivity (Wildman–Crippen MR) is 156 cm³/mol. The standard InChI is InChI=1S/C31H42ClN3O5/c1-31(2,3)40-19-27(33)30(39)35(5)23(16-20-10-13-22(32)14-11-20)18-34(4)29(38)26(17-28(36)37)25-15-12-21-8-6-7-9-24(21)25/h6-11,13-14,23,25-27H,12,15-19,33H2,1-5H3,(H,36,37)/t23-,25+,26+,27+/m1/s1. The number of halogens is 1. The molecule has 0 radical (unpaired) electrons. The third-order valence-corrected chi connectivity index (χ3v) is 7.78. The minimum absolute atomic E-state index is 0.0664. The highest BCUT2D eigenvalue weighted by Crippen LogP contribution is 2.40. The molecule has 40 heavy (non-hydrogen) atoms. The third-order valence-electron chi connectivity index (χ3n) is 7.53. The van der Waals surface area contributed by atoms with Gasteiger partial charge in [-0.3, -0.25) is 14.4 Å². The maximum Gasteiger partial charge on any atom is 0.304 e. The Bertz CT molecular complexity index is 1180. The lowest BCUT2D eigenvalue weighted by Crippen LogP contribution is -2.53. The minimum atomic E-state index is -1.01. The molecule has 218 valence electrons. The van der Waals surface area contributed by atoms with E-state index in [1.807, 2.05) is 57.2 Å². The van der Waals surface area contributed by atoms with Crippen LogP contribution in [0.15, 0.2) is 48.5 Å². The molecule has 2 aromatic rings. The van der Waals surface area contributed by atoms with Crippen molar-refractivity contribution in [3.8, 4) is 0 Å². The number of carbonyl (C=O) groups is 3. The number of nitrogens with zero attached hydrogens (tertiary/aromatic N) is 2. The Morgan fingerprint density at radius 2 is 1.73 bits per heavy atom. The summed E-state index contributed by atoms with van der Waals surface area (Å²) in [5.74, 6) is -2.42. The number of rotatable bonds is 12. The Balaban J connectivity index is 1.82. The van der Waals surface area contributed by atoms with Gasteiger partial charge < -0.3 is 25.4 Å². The molecule has 4 atom stereocenters. The van der Waals surface area contributed by atoms with Crippen molar-refractivity contribution >= 4 is 29.4 Å². The van der Waals surface area contributed by atoms with Gasteiger partial charge in [0, 0.05) is 25.7 Å². The van der Waals surface area contributed by atoms with Crippen molar-refractivity contribution in [3.63, 3.8) is 0 Å². The number of benzene rings is 2. The molecular weight excluding hydrogens is 530 g/mol. The van der Waals surface area contributed by atoms with Crippen LogP contribution in [0.5, 0.6) is 0 Å². The predicted octanol–water partition coefficient (Wildman–Crippen LogP) is 4.13. The fourth-order valence-corrected chi connectivity index (χ4v) is 5.48. The molecule has 8 nitrogen and oxygen atoms in total. The van der Waals surface area contributed by atoms with Crippen LogP contribution in [-0.4, -0.2) is 77.6 Å². The fourth-order valence-electron chi connectivity index (χ4n) is 5.36. The van der Waals surface area contributed by atoms with Crippen LogP contribution in [0.1, 0.15) is 56.2 Å². The van der Waals surface area contributed by atoms with Crippen molar-refractivity contribution in [2.24, 2.45) is 11.7 Å². The van der Waals surface area contributed by atoms with E-state index >= 15 is 0 Å². The molecule has 0 aromatic heterocycles. The van der Waals surface area contributed by atoms with Gasteiger partial charge in [0.15, 0.2) is 0 Å². The van der Waals surface area contributed by atoms with Gasteiger partial charge in [0.1, 0.15) is 6.04 Å². The molecule has 3 rings (SSSR count). The van der Waals surface area contributed by atoms with Gasteiger partial charge in [-0.2, -0.15) is 0 Å². The van der Waals surface area contributed by atoms with Crippen LogP contribution in [0.25, 0.3) is 0 Å². The normalized spacial score (nSPS) is 17.0. The summed E-state index contributed by atoms with van der Waals surface area (Å²) in [5, 5.41) is 10.3. The lowest BCUT2D eigenvalue weighted by molar-refractivity contribution is -0.145. The Kier molecular flexibility index (Phi) is 10.8. The van der Waals surface area contributed by atoms with E-state index in [4.69, 9.17) is 22.1 Å². The van der Waals surface area contributed by atoms with Crippen LogP contribution in [0.2, 0.25) is 5.02 Å². The summed E-state index contributed by atoms with van der Waals surface area (Å²) >= 11 is 6.08. The average molecular weight is 572 g/mol. The number of fused-ring (bicyclic) bond motifs is 1. The molecule has 0 heterocycles. The van der Waals surface area contributed by atoms with E-state index < -0.39 is 29.6 Å². The van der Waals surface area contributed by atoms with Gasteiger partial charge in [-0.25, -0.2) is 0 Å². The summed E-state index contributed by atoms with van der Waals surface area (Å²) in [7, 11) is 3.36. The molecule has 0 saturated heterocycles. The number of aryl methyl sites for hydroxylation is 1. The first-order valence-corrected chi connectivity index (χ1v) is 14.1. The number of likely N-dealkylation sites (N-methyl/N-ethyl adjacent to an activating group) is 2. The Hall–Kier alpha value is -2.94. The van der Waals surface area contributed by atoms with E-state index in [-0.39, 0.29) is 37.3 Å². The highest BCUT2D eigenvalue weighted by atomic mass is 35.5. The molecule has 0 saturated carbocycles. The smallest absolute Gasteiger partial charge is 0.304 e. The largest absolute Gasteiger partial charge is 0.481 e. The molecule has 1 aliphatic rings. The fraction of sp³-hybridized carbons (Fsp3) is 0.516. The molecule has 0 aliphatic heterocycles. The molecule has 0 fully saturated rings. The monoisotopic (exact) mass is 571 g/mol. The van der Waals surface area contributed by atoms with E-state index in [2.05, 4.69) is 0 Å². The summed E-state index contributed by atoms with van der Waals surface area (Å²) in [6.07, 6.45) is 1.75. The Labute approximate surface area is 242 Å². The number of carboxylic acids is 1. The minimum Gasteiger partial charge on any atom is -0.481 e. The molecule has 9 heteroatoms. The first-order valence-electron chi connectivity index (χ1n) is 13.7. The zero-order valence-electron chi connectivity index (χ0n) is 24.1. The van der Waals surface area contributed by atoms with Crippen molar-refractivity contribution in [2.45, 2.75) is 70.1 Å². The Morgan fingerprint density at radius 1 is 1.07 bits per heavy atom. The quantitative estimate of drug-likeness (QED) is 0.396. The van der Waals surface area contributed by atoms with Gasteiger partial charge in [0.25, 0.3) is 0 Å². The number of carbonyl (C=O) groups excluding carboxylic acids is 2. The maximum atomic E-state index is 13.8. The summed E-state index contributed by atoms with van der Waals surface area (Å²) in [4.78, 5) is 42.2. The maximum absolute atomic E-state index is 13.8. The van der Waals surface area contributed by atoms with Gasteiger partial charge >= 0.3 is 5.97 Å². The molecule has 1 aliphatic carbocycles. The van der Waals surface area contributed by atoms with Crippen molar-refractivity contribution in [3.05, 3.63) is 70.2 Å². The van der Waals surface area contributed by atoms with E-state index in [9.17, 15) is 19.5 Å². The van der Waals surface area contributed by atoms with Crippen molar-refractivity contribution in [2.75, 3.05) is 27.2 Å². The molecule has 0 spiro atoms. The zero-order valence-corrected chi connectivity index (χ0v) is 24.9. The molecule has 2 amide bonds. The van der Waals surface area contributed by atoms with E-state index in [1.165, 1.54) is 0 Å². The lowest BCUT2D eigenvalue weighted by Gasteiger charge is -2.35. The summed E-state index contributed by atoms with van der Waals surface area (Å²) in [6.45, 7) is 5.97. The molecule has 2 aromatic carbocycles. The zero-order chi connectivity index (χ0) is 29.6. The van der Waals surface area contributed by atoms with Gasteiger partial charge in [-0.15, -0.1) is 0 Å². The van der Waals surface area contributed by atoms with Crippen LogP contribution in [0.4, 0.5) is 0 Å². The van der Waals surface area contributed by atoms with Crippen LogP contribution in [0, 0.1) is 5.92 Å². The van der Waals surface area contributed by atoms with Gasteiger partial charge in [0.05, 0.1) is 30.6 Å². The molecular formula is C31H42ClN3O5. The molecule has 0 bridgehead atoms. The Morgan fingerprint density at radius 3 is 2.35 bits per heavy atom. The highest BCUT2D eigenvalue weighted by Gasteiger charge is 2.38. The van der Waals surface area contributed by atoms with Crippen LogP contribution in [0.3, 0.4) is 0 Å². The summed E-state index contributed by atoms with van der Waals surface area (Å²) in [6, 6.07) is 14.0. The number of hydrogen-bond acceptors (Lipinski definition) is 5. The van der Waals surface area contributed by atoms with E-state index in [1.54, 1.807) is 36.0 Å². The van der Waals surface area contributed by atoms with Crippen LogP contribution in [-0.2, 0) is 32.0 Å².